The molecule has 1 amide bonds. The van der Waals surface area contributed by atoms with Crippen LogP contribution in [0, 0.1) is 0 Å². The molecule has 0 aliphatic carbocycles. The molecule has 1 N–H and O–H groups in total. The van der Waals surface area contributed by atoms with Gasteiger partial charge in [-0.25, -0.2) is 0 Å². The standard InChI is InChI=1S/C14H19NO2S/c1-4-18-12-7-5-11(6-8-12)14(2,3)10-15-13(17)9-16/h5-9H,4,10H2,1-3H3,(H,15,17). The van der Waals surface area contributed by atoms with Crippen LogP contribution in [0.5, 0.6) is 0 Å². The van der Waals surface area contributed by atoms with Gasteiger partial charge in [0.15, 0.2) is 0 Å². The highest BCUT2D eigenvalue weighted by Gasteiger charge is 2.21. The highest BCUT2D eigenvalue weighted by atomic mass is 32.2. The summed E-state index contributed by atoms with van der Waals surface area (Å²) in [6.07, 6.45) is 0.303. The van der Waals surface area contributed by atoms with Gasteiger partial charge in [0.05, 0.1) is 0 Å². The Morgan fingerprint density at radius 1 is 1.33 bits per heavy atom. The fourth-order valence-electron chi connectivity index (χ4n) is 1.62. The van der Waals surface area contributed by atoms with E-state index in [4.69, 9.17) is 0 Å². The molecule has 0 aliphatic heterocycles. The van der Waals surface area contributed by atoms with Gasteiger partial charge < -0.3 is 5.32 Å². The Bertz CT molecular complexity index is 412. The van der Waals surface area contributed by atoms with Crippen LogP contribution in [0.3, 0.4) is 0 Å². The molecule has 1 rings (SSSR count). The number of amides is 1. The van der Waals surface area contributed by atoms with Crippen molar-refractivity contribution in [1.82, 2.24) is 5.32 Å². The van der Waals surface area contributed by atoms with E-state index in [-0.39, 0.29) is 5.41 Å². The molecule has 98 valence electrons. The molecule has 0 unspecified atom stereocenters. The second kappa shape index (κ2) is 6.59. The predicted molar refractivity (Wildman–Crippen MR) is 74.9 cm³/mol. The van der Waals surface area contributed by atoms with E-state index in [9.17, 15) is 9.59 Å². The van der Waals surface area contributed by atoms with E-state index in [1.165, 1.54) is 4.90 Å². The van der Waals surface area contributed by atoms with E-state index in [1.54, 1.807) is 11.8 Å². The third kappa shape index (κ3) is 4.18. The summed E-state index contributed by atoms with van der Waals surface area (Å²) in [6, 6.07) is 8.33. The van der Waals surface area contributed by atoms with E-state index in [1.807, 2.05) is 13.8 Å². The molecule has 0 heterocycles. The van der Waals surface area contributed by atoms with Crippen LogP contribution in [0.4, 0.5) is 0 Å². The lowest BCUT2D eigenvalue weighted by molar-refractivity contribution is -0.131. The van der Waals surface area contributed by atoms with Crippen LogP contribution in [0.2, 0.25) is 0 Å². The van der Waals surface area contributed by atoms with Gasteiger partial charge in [-0.05, 0) is 23.4 Å². The summed E-state index contributed by atoms with van der Waals surface area (Å²) >= 11 is 1.80. The molecule has 3 nitrogen and oxygen atoms in total. The second-order valence-electron chi connectivity index (χ2n) is 4.68. The summed E-state index contributed by atoms with van der Waals surface area (Å²) in [4.78, 5) is 22.5. The first-order valence-corrected chi connectivity index (χ1v) is 6.94. The lowest BCUT2D eigenvalue weighted by atomic mass is 9.84. The maximum absolute atomic E-state index is 10.9. The van der Waals surface area contributed by atoms with Crippen LogP contribution >= 0.6 is 11.8 Å². The molecule has 0 fully saturated rings. The van der Waals surface area contributed by atoms with E-state index in [0.717, 1.165) is 11.3 Å². The Morgan fingerprint density at radius 2 is 1.94 bits per heavy atom. The van der Waals surface area contributed by atoms with Gasteiger partial charge in [0.25, 0.3) is 5.91 Å². The Kier molecular flexibility index (Phi) is 5.41. The van der Waals surface area contributed by atoms with E-state index < -0.39 is 5.91 Å². The fourth-order valence-corrected chi connectivity index (χ4v) is 2.28. The van der Waals surface area contributed by atoms with Gasteiger partial charge >= 0.3 is 0 Å². The fraction of sp³-hybridized carbons (Fsp3) is 0.429. The third-order valence-electron chi connectivity index (χ3n) is 2.76. The highest BCUT2D eigenvalue weighted by Crippen LogP contribution is 2.25. The quantitative estimate of drug-likeness (QED) is 0.488. The minimum atomic E-state index is -0.568. The number of thioether (sulfide) groups is 1. The van der Waals surface area contributed by atoms with Crippen molar-refractivity contribution in [3.63, 3.8) is 0 Å². The number of nitrogens with one attached hydrogen (secondary N) is 1. The number of rotatable bonds is 6. The molecule has 1 aromatic carbocycles. The Balaban J connectivity index is 2.71. The minimum Gasteiger partial charge on any atom is -0.349 e. The number of hydrogen-bond donors (Lipinski definition) is 1. The van der Waals surface area contributed by atoms with Gasteiger partial charge in [0.2, 0.25) is 6.29 Å². The van der Waals surface area contributed by atoms with Crippen molar-refractivity contribution in [3.05, 3.63) is 29.8 Å². The van der Waals surface area contributed by atoms with Crippen molar-refractivity contribution in [1.29, 1.82) is 0 Å². The Labute approximate surface area is 112 Å². The van der Waals surface area contributed by atoms with Crippen LogP contribution in [0.25, 0.3) is 0 Å². The molecule has 0 atom stereocenters. The van der Waals surface area contributed by atoms with Crippen LogP contribution in [-0.4, -0.2) is 24.5 Å². The molecule has 0 saturated carbocycles. The summed E-state index contributed by atoms with van der Waals surface area (Å²) in [6.45, 7) is 6.66. The van der Waals surface area contributed by atoms with Gasteiger partial charge in [-0.1, -0.05) is 32.9 Å². The first-order chi connectivity index (χ1) is 8.49. The van der Waals surface area contributed by atoms with Crippen molar-refractivity contribution >= 4 is 24.0 Å². The lowest BCUT2D eigenvalue weighted by Gasteiger charge is -2.25. The predicted octanol–water partition coefficient (Wildman–Crippen LogP) is 2.39. The zero-order valence-corrected chi connectivity index (χ0v) is 11.8. The van der Waals surface area contributed by atoms with Crippen molar-refractivity contribution in [2.24, 2.45) is 0 Å². The number of carbonyl (C=O) groups is 2. The van der Waals surface area contributed by atoms with Crippen molar-refractivity contribution < 1.29 is 9.59 Å². The molecule has 0 aliphatic rings. The zero-order valence-electron chi connectivity index (χ0n) is 11.0. The molecule has 18 heavy (non-hydrogen) atoms. The van der Waals surface area contributed by atoms with E-state index in [2.05, 4.69) is 36.5 Å². The Hall–Kier alpha value is -1.29. The SMILES string of the molecule is CCSc1ccc(C(C)(C)CNC(=O)C=O)cc1. The van der Waals surface area contributed by atoms with E-state index in [0.29, 0.717) is 12.8 Å². The number of carbonyl (C=O) groups excluding carboxylic acids is 2. The van der Waals surface area contributed by atoms with Gasteiger partial charge in [-0.15, -0.1) is 11.8 Å². The average Bonchev–Trinajstić information content (AvgIpc) is 2.37. The molecular weight excluding hydrogens is 246 g/mol. The summed E-state index contributed by atoms with van der Waals surface area (Å²) in [5.74, 6) is 0.485. The van der Waals surface area contributed by atoms with Gasteiger partial charge in [0, 0.05) is 16.9 Å². The monoisotopic (exact) mass is 265 g/mol. The lowest BCUT2D eigenvalue weighted by Crippen LogP contribution is -2.37. The average molecular weight is 265 g/mol. The number of aldehydes is 1. The van der Waals surface area contributed by atoms with Crippen molar-refractivity contribution in [2.45, 2.75) is 31.1 Å². The maximum atomic E-state index is 10.9. The van der Waals surface area contributed by atoms with Crippen LogP contribution < -0.4 is 5.32 Å². The van der Waals surface area contributed by atoms with Gasteiger partial charge in [-0.2, -0.15) is 0 Å². The third-order valence-corrected chi connectivity index (χ3v) is 3.65. The summed E-state index contributed by atoms with van der Waals surface area (Å²) < 4.78 is 0. The first-order valence-electron chi connectivity index (χ1n) is 5.96. The normalized spacial score (nSPS) is 11.1. The molecule has 0 radical (unpaired) electrons. The maximum Gasteiger partial charge on any atom is 0.284 e. The summed E-state index contributed by atoms with van der Waals surface area (Å²) in [7, 11) is 0. The van der Waals surface area contributed by atoms with Crippen LogP contribution in [0.15, 0.2) is 29.2 Å². The van der Waals surface area contributed by atoms with Gasteiger partial charge in [-0.3, -0.25) is 9.59 Å². The van der Waals surface area contributed by atoms with Crippen molar-refractivity contribution in [3.8, 4) is 0 Å². The van der Waals surface area contributed by atoms with Crippen LogP contribution in [0.1, 0.15) is 26.3 Å². The Morgan fingerprint density at radius 3 is 2.44 bits per heavy atom. The molecule has 0 spiro atoms. The zero-order chi connectivity index (χ0) is 13.6. The molecule has 1 aromatic rings. The highest BCUT2D eigenvalue weighted by molar-refractivity contribution is 7.99. The molecular formula is C14H19NO2S. The number of hydrogen-bond acceptors (Lipinski definition) is 3. The largest absolute Gasteiger partial charge is 0.349 e. The second-order valence-corrected chi connectivity index (χ2v) is 6.01. The van der Waals surface area contributed by atoms with E-state index >= 15 is 0 Å². The van der Waals surface area contributed by atoms with Crippen LogP contribution in [-0.2, 0) is 15.0 Å². The minimum absolute atomic E-state index is 0.186. The molecule has 0 bridgehead atoms. The topological polar surface area (TPSA) is 46.2 Å². The van der Waals surface area contributed by atoms with Crippen molar-refractivity contribution in [2.75, 3.05) is 12.3 Å². The first kappa shape index (κ1) is 14.8. The number of benzene rings is 1. The molecule has 4 heteroatoms. The smallest absolute Gasteiger partial charge is 0.284 e. The van der Waals surface area contributed by atoms with Gasteiger partial charge in [0.1, 0.15) is 0 Å². The molecule has 0 aromatic heterocycles. The molecule has 0 saturated heterocycles. The summed E-state index contributed by atoms with van der Waals surface area (Å²) in [5, 5.41) is 2.60. The summed E-state index contributed by atoms with van der Waals surface area (Å²) in [5.41, 5.74) is 0.961.